The SMILES string of the molecule is CC(C)c1ccccc1-n1c(-c2ccc(Cl)cc2Cl)nn(CN2CCC[C@@H](O)C2)c1=S. The van der Waals surface area contributed by atoms with Crippen molar-refractivity contribution < 1.29 is 5.11 Å². The average Bonchev–Trinajstić information content (AvgIpc) is 3.03. The van der Waals surface area contributed by atoms with E-state index in [1.165, 1.54) is 5.56 Å². The molecule has 5 nitrogen and oxygen atoms in total. The number of hydrogen-bond acceptors (Lipinski definition) is 4. The molecule has 1 N–H and O–H groups in total. The second-order valence-electron chi connectivity index (χ2n) is 8.29. The number of aliphatic hydroxyl groups excluding tert-OH is 1. The quantitative estimate of drug-likeness (QED) is 0.464. The molecule has 0 unspecified atom stereocenters. The van der Waals surface area contributed by atoms with E-state index in [0.29, 0.717) is 39.8 Å². The van der Waals surface area contributed by atoms with Crippen LogP contribution < -0.4 is 0 Å². The van der Waals surface area contributed by atoms with E-state index in [2.05, 4.69) is 30.9 Å². The number of rotatable bonds is 5. The third-order valence-corrected chi connectivity index (χ3v) is 6.57. The number of β-amino-alcohol motifs (C(OH)–C–C–N with tert-alkyl or cyclic N) is 1. The molecule has 0 amide bonds. The summed E-state index contributed by atoms with van der Waals surface area (Å²) in [6.45, 7) is 6.37. The Morgan fingerprint density at radius 1 is 1.19 bits per heavy atom. The maximum atomic E-state index is 10.1. The second-order valence-corrected chi connectivity index (χ2v) is 9.50. The van der Waals surface area contributed by atoms with E-state index in [9.17, 15) is 5.11 Å². The molecule has 1 fully saturated rings. The molecule has 3 aromatic rings. The normalized spacial score (nSPS) is 17.4. The fourth-order valence-corrected chi connectivity index (χ4v) is 4.87. The standard InChI is InChI=1S/C23H26Cl2N4OS/c1-15(2)18-7-3-4-8-21(18)29-22(19-10-9-16(24)12-20(19)25)26-28(23(29)31)14-27-11-5-6-17(30)13-27/h3-4,7-10,12,15,17,30H,5-6,11,13-14H2,1-2H3/t17-/m1/s1. The monoisotopic (exact) mass is 476 g/mol. The lowest BCUT2D eigenvalue weighted by Gasteiger charge is -2.29. The second kappa shape index (κ2) is 9.43. The Balaban J connectivity index is 1.88. The van der Waals surface area contributed by atoms with Crippen molar-refractivity contribution in [2.24, 2.45) is 0 Å². The number of aromatic nitrogens is 3. The van der Waals surface area contributed by atoms with Gasteiger partial charge in [0.15, 0.2) is 5.82 Å². The molecule has 1 aromatic heterocycles. The summed E-state index contributed by atoms with van der Waals surface area (Å²) in [4.78, 5) is 2.18. The fourth-order valence-electron chi connectivity index (χ4n) is 4.09. The minimum absolute atomic E-state index is 0.308. The summed E-state index contributed by atoms with van der Waals surface area (Å²) < 4.78 is 4.42. The van der Waals surface area contributed by atoms with Crippen molar-refractivity contribution in [3.8, 4) is 17.1 Å². The third kappa shape index (κ3) is 4.73. The molecule has 4 rings (SSSR count). The van der Waals surface area contributed by atoms with Crippen LogP contribution in [0.2, 0.25) is 10.0 Å². The van der Waals surface area contributed by atoms with Gasteiger partial charge >= 0.3 is 0 Å². The number of likely N-dealkylation sites (tertiary alicyclic amines) is 1. The number of halogens is 2. The van der Waals surface area contributed by atoms with E-state index in [1.807, 2.05) is 33.5 Å². The summed E-state index contributed by atoms with van der Waals surface area (Å²) in [6.07, 6.45) is 1.49. The van der Waals surface area contributed by atoms with Crippen molar-refractivity contribution in [1.29, 1.82) is 0 Å². The van der Waals surface area contributed by atoms with Gasteiger partial charge in [-0.2, -0.15) is 0 Å². The van der Waals surface area contributed by atoms with Gasteiger partial charge in [-0.05, 0) is 60.8 Å². The highest BCUT2D eigenvalue weighted by Gasteiger charge is 2.23. The number of benzene rings is 2. The summed E-state index contributed by atoms with van der Waals surface area (Å²) in [7, 11) is 0. The average molecular weight is 477 g/mol. The lowest BCUT2D eigenvalue weighted by Crippen LogP contribution is -2.39. The Labute approximate surface area is 197 Å². The zero-order chi connectivity index (χ0) is 22.1. The van der Waals surface area contributed by atoms with Crippen LogP contribution in [-0.2, 0) is 6.67 Å². The molecule has 0 spiro atoms. The summed E-state index contributed by atoms with van der Waals surface area (Å²) in [5, 5.41) is 16.1. The predicted octanol–water partition coefficient (Wildman–Crippen LogP) is 5.91. The molecule has 1 atom stereocenters. The van der Waals surface area contributed by atoms with E-state index in [-0.39, 0.29) is 6.10 Å². The number of piperidine rings is 1. The van der Waals surface area contributed by atoms with E-state index < -0.39 is 0 Å². The zero-order valence-electron chi connectivity index (χ0n) is 17.6. The Kier molecular flexibility index (Phi) is 6.84. The molecule has 1 aliphatic heterocycles. The van der Waals surface area contributed by atoms with Crippen LogP contribution in [0.25, 0.3) is 17.1 Å². The Hall–Kier alpha value is -1.70. The van der Waals surface area contributed by atoms with Crippen LogP contribution in [0.4, 0.5) is 0 Å². The van der Waals surface area contributed by atoms with Crippen molar-refractivity contribution in [1.82, 2.24) is 19.2 Å². The molecule has 31 heavy (non-hydrogen) atoms. The molecule has 1 saturated heterocycles. The Morgan fingerprint density at radius 3 is 2.68 bits per heavy atom. The predicted molar refractivity (Wildman–Crippen MR) is 129 cm³/mol. The molecule has 0 radical (unpaired) electrons. The van der Waals surface area contributed by atoms with Crippen LogP contribution in [0, 0.1) is 4.77 Å². The molecule has 2 aromatic carbocycles. The van der Waals surface area contributed by atoms with E-state index in [0.717, 1.165) is 30.6 Å². The van der Waals surface area contributed by atoms with Crippen molar-refractivity contribution in [3.05, 3.63) is 62.8 Å². The minimum Gasteiger partial charge on any atom is -0.392 e. The van der Waals surface area contributed by atoms with Gasteiger partial charge in [0.1, 0.15) is 0 Å². The minimum atomic E-state index is -0.308. The molecule has 0 saturated carbocycles. The molecule has 1 aliphatic rings. The van der Waals surface area contributed by atoms with Crippen LogP contribution in [0.5, 0.6) is 0 Å². The number of aliphatic hydroxyl groups is 1. The van der Waals surface area contributed by atoms with Crippen LogP contribution in [0.1, 0.15) is 38.2 Å². The van der Waals surface area contributed by atoms with E-state index >= 15 is 0 Å². The summed E-state index contributed by atoms with van der Waals surface area (Å²) in [5.74, 6) is 0.990. The van der Waals surface area contributed by atoms with Gasteiger partial charge in [-0.25, -0.2) is 4.68 Å². The van der Waals surface area contributed by atoms with Gasteiger partial charge in [0.2, 0.25) is 4.77 Å². The largest absolute Gasteiger partial charge is 0.392 e. The smallest absolute Gasteiger partial charge is 0.204 e. The van der Waals surface area contributed by atoms with Gasteiger partial charge in [-0.1, -0.05) is 55.2 Å². The summed E-state index contributed by atoms with van der Waals surface area (Å²) in [6, 6.07) is 13.6. The molecule has 0 bridgehead atoms. The van der Waals surface area contributed by atoms with E-state index in [1.54, 1.807) is 6.07 Å². The van der Waals surface area contributed by atoms with Gasteiger partial charge < -0.3 is 5.11 Å². The van der Waals surface area contributed by atoms with Crippen LogP contribution in [-0.4, -0.2) is 43.5 Å². The van der Waals surface area contributed by atoms with Crippen LogP contribution in [0.3, 0.4) is 0 Å². The first-order valence-corrected chi connectivity index (χ1v) is 11.7. The molecular weight excluding hydrogens is 451 g/mol. The van der Waals surface area contributed by atoms with E-state index in [4.69, 9.17) is 40.5 Å². The number of para-hydroxylation sites is 1. The molecular formula is C23H26Cl2N4OS. The first kappa shape index (κ1) is 22.5. The van der Waals surface area contributed by atoms with Gasteiger partial charge in [0, 0.05) is 23.7 Å². The van der Waals surface area contributed by atoms with Crippen LogP contribution >= 0.6 is 35.4 Å². The Bertz CT molecular complexity index is 1140. The van der Waals surface area contributed by atoms with Gasteiger partial charge in [-0.3, -0.25) is 9.47 Å². The summed E-state index contributed by atoms with van der Waals surface area (Å²) in [5.41, 5.74) is 2.94. The number of hydrogen-bond donors (Lipinski definition) is 1. The third-order valence-electron chi connectivity index (χ3n) is 5.63. The lowest BCUT2D eigenvalue weighted by atomic mass is 10.0. The fraction of sp³-hybridized carbons (Fsp3) is 0.391. The molecule has 0 aliphatic carbocycles. The van der Waals surface area contributed by atoms with Crippen molar-refractivity contribution in [2.75, 3.05) is 13.1 Å². The highest BCUT2D eigenvalue weighted by molar-refractivity contribution is 7.71. The van der Waals surface area contributed by atoms with Gasteiger partial charge in [0.05, 0.1) is 23.5 Å². The first-order valence-electron chi connectivity index (χ1n) is 10.5. The molecule has 8 heteroatoms. The highest BCUT2D eigenvalue weighted by atomic mass is 35.5. The number of nitrogens with zero attached hydrogens (tertiary/aromatic N) is 4. The molecule has 2 heterocycles. The highest BCUT2D eigenvalue weighted by Crippen LogP contribution is 2.33. The van der Waals surface area contributed by atoms with Gasteiger partial charge in [-0.15, -0.1) is 5.10 Å². The van der Waals surface area contributed by atoms with Crippen molar-refractivity contribution in [2.45, 2.75) is 45.4 Å². The van der Waals surface area contributed by atoms with Gasteiger partial charge in [0.25, 0.3) is 0 Å². The first-order chi connectivity index (χ1) is 14.8. The van der Waals surface area contributed by atoms with Crippen molar-refractivity contribution >= 4 is 35.4 Å². The molecule has 164 valence electrons. The van der Waals surface area contributed by atoms with Crippen molar-refractivity contribution in [3.63, 3.8) is 0 Å². The van der Waals surface area contributed by atoms with Crippen LogP contribution in [0.15, 0.2) is 42.5 Å². The summed E-state index contributed by atoms with van der Waals surface area (Å²) >= 11 is 18.6. The lowest BCUT2D eigenvalue weighted by molar-refractivity contribution is 0.0513. The topological polar surface area (TPSA) is 46.2 Å². The maximum absolute atomic E-state index is 10.1. The Morgan fingerprint density at radius 2 is 1.97 bits per heavy atom. The maximum Gasteiger partial charge on any atom is 0.204 e. The zero-order valence-corrected chi connectivity index (χ0v) is 20.0.